The maximum Gasteiger partial charge on any atom is 0.416 e. The van der Waals surface area contributed by atoms with Crippen molar-refractivity contribution in [2.45, 2.75) is 36.1 Å². The van der Waals surface area contributed by atoms with E-state index in [9.17, 15) is 18.0 Å². The number of anilines is 1. The fourth-order valence-corrected chi connectivity index (χ4v) is 4.47. The normalized spacial score (nSPS) is 19.2. The van der Waals surface area contributed by atoms with E-state index in [1.807, 2.05) is 6.92 Å². The highest BCUT2D eigenvalue weighted by Gasteiger charge is 2.34. The second kappa shape index (κ2) is 7.82. The van der Waals surface area contributed by atoms with Gasteiger partial charge in [0, 0.05) is 28.7 Å². The van der Waals surface area contributed by atoms with E-state index in [2.05, 4.69) is 0 Å². The number of ether oxygens (including phenoxy) is 2. The number of carbonyl (C=O) groups excluding carboxylic acids is 1. The predicted octanol–water partition coefficient (Wildman–Crippen LogP) is 5.40. The standard InChI is InChI=1S/C21H20F3NO3S/c1-13-7-8-25(16-12-15(21(22,23)24)4-6-19(16)29-13)20(26)14-3-5-17-18(11-14)28-10-2-9-27-17/h3-6,11-13H,2,7-10H2,1H3. The Morgan fingerprint density at radius 1 is 1.10 bits per heavy atom. The topological polar surface area (TPSA) is 38.8 Å². The zero-order chi connectivity index (χ0) is 20.6. The van der Waals surface area contributed by atoms with Crippen LogP contribution in [0, 0.1) is 0 Å². The number of benzene rings is 2. The minimum Gasteiger partial charge on any atom is -0.490 e. The summed E-state index contributed by atoms with van der Waals surface area (Å²) < 4.78 is 51.1. The summed E-state index contributed by atoms with van der Waals surface area (Å²) in [5, 5.41) is 0.187. The van der Waals surface area contributed by atoms with Crippen LogP contribution in [0.3, 0.4) is 0 Å². The molecular weight excluding hydrogens is 403 g/mol. The number of alkyl halides is 3. The summed E-state index contributed by atoms with van der Waals surface area (Å²) in [5.41, 5.74) is -0.105. The number of hydrogen-bond acceptors (Lipinski definition) is 4. The first-order valence-electron chi connectivity index (χ1n) is 9.42. The fourth-order valence-electron chi connectivity index (χ4n) is 3.37. The molecule has 0 saturated heterocycles. The van der Waals surface area contributed by atoms with Gasteiger partial charge in [0.25, 0.3) is 5.91 Å². The average Bonchev–Trinajstić information content (AvgIpc) is 3.01. The van der Waals surface area contributed by atoms with E-state index in [-0.39, 0.29) is 11.2 Å². The lowest BCUT2D eigenvalue weighted by atomic mass is 10.1. The van der Waals surface area contributed by atoms with Gasteiger partial charge in [-0.15, -0.1) is 11.8 Å². The van der Waals surface area contributed by atoms with Crippen LogP contribution in [0.2, 0.25) is 0 Å². The van der Waals surface area contributed by atoms with Gasteiger partial charge >= 0.3 is 6.18 Å². The van der Waals surface area contributed by atoms with Crippen LogP contribution in [0.15, 0.2) is 41.3 Å². The number of carbonyl (C=O) groups is 1. The Morgan fingerprint density at radius 2 is 1.86 bits per heavy atom. The monoisotopic (exact) mass is 423 g/mol. The van der Waals surface area contributed by atoms with Gasteiger partial charge in [-0.25, -0.2) is 0 Å². The lowest BCUT2D eigenvalue weighted by Gasteiger charge is -2.24. The molecule has 0 N–H and O–H groups in total. The summed E-state index contributed by atoms with van der Waals surface area (Å²) in [5.74, 6) is 0.699. The summed E-state index contributed by atoms with van der Waals surface area (Å²) in [6, 6.07) is 8.51. The maximum absolute atomic E-state index is 13.3. The number of nitrogens with zero attached hydrogens (tertiary/aromatic N) is 1. The van der Waals surface area contributed by atoms with E-state index >= 15 is 0 Å². The van der Waals surface area contributed by atoms with E-state index in [1.165, 1.54) is 22.7 Å². The molecule has 0 spiro atoms. The van der Waals surface area contributed by atoms with Crippen LogP contribution < -0.4 is 14.4 Å². The highest BCUT2D eigenvalue weighted by molar-refractivity contribution is 8.00. The Bertz CT molecular complexity index is 932. The molecule has 2 aromatic rings. The molecule has 0 aromatic heterocycles. The van der Waals surface area contributed by atoms with Crippen LogP contribution in [-0.2, 0) is 6.18 Å². The zero-order valence-electron chi connectivity index (χ0n) is 15.8. The van der Waals surface area contributed by atoms with Crippen molar-refractivity contribution >= 4 is 23.4 Å². The second-order valence-corrected chi connectivity index (χ2v) is 8.55. The number of thioether (sulfide) groups is 1. The SMILES string of the molecule is CC1CCN(C(=O)c2ccc3c(c2)OCCCO3)c2cc(C(F)(F)F)ccc2S1. The molecule has 1 atom stereocenters. The van der Waals surface area contributed by atoms with Crippen molar-refractivity contribution < 1.29 is 27.4 Å². The largest absolute Gasteiger partial charge is 0.490 e. The summed E-state index contributed by atoms with van der Waals surface area (Å²) in [7, 11) is 0. The van der Waals surface area contributed by atoms with Gasteiger partial charge in [-0.2, -0.15) is 13.2 Å². The van der Waals surface area contributed by atoms with Crippen LogP contribution in [0.1, 0.15) is 35.7 Å². The van der Waals surface area contributed by atoms with Gasteiger partial charge in [0.1, 0.15) is 0 Å². The molecule has 1 amide bonds. The molecule has 0 saturated carbocycles. The summed E-state index contributed by atoms with van der Waals surface area (Å²) in [6.07, 6.45) is -3.05. The van der Waals surface area contributed by atoms with Crippen molar-refractivity contribution in [1.29, 1.82) is 0 Å². The molecule has 0 fully saturated rings. The van der Waals surface area contributed by atoms with Crippen molar-refractivity contribution in [2.24, 2.45) is 0 Å². The second-order valence-electron chi connectivity index (χ2n) is 7.07. The number of halogens is 3. The first kappa shape index (κ1) is 19.9. The molecule has 0 aliphatic carbocycles. The Balaban J connectivity index is 1.73. The third-order valence-corrected chi connectivity index (χ3v) is 6.14. The molecule has 8 heteroatoms. The lowest BCUT2D eigenvalue weighted by Crippen LogP contribution is -2.32. The first-order chi connectivity index (χ1) is 13.8. The van der Waals surface area contributed by atoms with E-state index in [4.69, 9.17) is 9.47 Å². The zero-order valence-corrected chi connectivity index (χ0v) is 16.6. The van der Waals surface area contributed by atoms with E-state index in [1.54, 1.807) is 18.2 Å². The van der Waals surface area contributed by atoms with Crippen molar-refractivity contribution in [3.63, 3.8) is 0 Å². The van der Waals surface area contributed by atoms with Crippen LogP contribution in [0.25, 0.3) is 0 Å². The van der Waals surface area contributed by atoms with Crippen LogP contribution in [0.5, 0.6) is 11.5 Å². The van der Waals surface area contributed by atoms with E-state index < -0.39 is 11.7 Å². The first-order valence-corrected chi connectivity index (χ1v) is 10.3. The molecule has 1 unspecified atom stereocenters. The molecule has 4 rings (SSSR count). The van der Waals surface area contributed by atoms with Crippen LogP contribution >= 0.6 is 11.8 Å². The Hall–Kier alpha value is -2.35. The van der Waals surface area contributed by atoms with Gasteiger partial charge < -0.3 is 14.4 Å². The lowest BCUT2D eigenvalue weighted by molar-refractivity contribution is -0.137. The summed E-state index contributed by atoms with van der Waals surface area (Å²) in [6.45, 7) is 3.37. The Labute approximate surface area is 171 Å². The smallest absolute Gasteiger partial charge is 0.416 e. The van der Waals surface area contributed by atoms with Crippen LogP contribution in [-0.4, -0.2) is 30.9 Å². The molecule has 2 aliphatic rings. The molecule has 2 aromatic carbocycles. The highest BCUT2D eigenvalue weighted by atomic mass is 32.2. The van der Waals surface area contributed by atoms with Gasteiger partial charge in [0.2, 0.25) is 0 Å². The van der Waals surface area contributed by atoms with Crippen molar-refractivity contribution in [3.05, 3.63) is 47.5 Å². The van der Waals surface area contributed by atoms with E-state index in [0.29, 0.717) is 53.8 Å². The number of fused-ring (bicyclic) bond motifs is 2. The Morgan fingerprint density at radius 3 is 2.62 bits per heavy atom. The van der Waals surface area contributed by atoms with Gasteiger partial charge in [0.05, 0.1) is 24.5 Å². The fraction of sp³-hybridized carbons (Fsp3) is 0.381. The van der Waals surface area contributed by atoms with Gasteiger partial charge in [-0.05, 0) is 42.8 Å². The van der Waals surface area contributed by atoms with Crippen molar-refractivity contribution in [2.75, 3.05) is 24.7 Å². The molecule has 4 nitrogen and oxygen atoms in total. The summed E-state index contributed by atoms with van der Waals surface area (Å²) >= 11 is 1.49. The van der Waals surface area contributed by atoms with Gasteiger partial charge in [0.15, 0.2) is 11.5 Å². The molecule has 0 bridgehead atoms. The summed E-state index contributed by atoms with van der Waals surface area (Å²) in [4.78, 5) is 15.4. The highest BCUT2D eigenvalue weighted by Crippen LogP contribution is 2.42. The van der Waals surface area contributed by atoms with Crippen LogP contribution in [0.4, 0.5) is 18.9 Å². The minimum absolute atomic E-state index is 0.187. The predicted molar refractivity (Wildman–Crippen MR) is 105 cm³/mol. The number of hydrogen-bond donors (Lipinski definition) is 0. The molecule has 29 heavy (non-hydrogen) atoms. The molecule has 2 aliphatic heterocycles. The number of amides is 1. The third-order valence-electron chi connectivity index (χ3n) is 4.90. The molecule has 0 radical (unpaired) electrons. The van der Waals surface area contributed by atoms with Crippen molar-refractivity contribution in [1.82, 2.24) is 0 Å². The van der Waals surface area contributed by atoms with Gasteiger partial charge in [-0.1, -0.05) is 6.92 Å². The minimum atomic E-state index is -4.47. The molecule has 2 heterocycles. The number of rotatable bonds is 1. The third kappa shape index (κ3) is 4.17. The molecular formula is C21H20F3NO3S. The quantitative estimate of drug-likeness (QED) is 0.616. The van der Waals surface area contributed by atoms with E-state index in [0.717, 1.165) is 18.6 Å². The van der Waals surface area contributed by atoms with Gasteiger partial charge in [-0.3, -0.25) is 4.79 Å². The van der Waals surface area contributed by atoms with Crippen molar-refractivity contribution in [3.8, 4) is 11.5 Å². The maximum atomic E-state index is 13.3. The Kier molecular flexibility index (Phi) is 5.38. The molecule has 154 valence electrons. The average molecular weight is 423 g/mol.